The number of aryl methyl sites for hydroxylation is 1. The molecule has 154 valence electrons. The van der Waals surface area contributed by atoms with Gasteiger partial charge in [0, 0.05) is 10.9 Å². The minimum atomic E-state index is -4.11. The van der Waals surface area contributed by atoms with Crippen LogP contribution in [0.3, 0.4) is 0 Å². The van der Waals surface area contributed by atoms with Crippen molar-refractivity contribution in [1.29, 1.82) is 0 Å². The summed E-state index contributed by atoms with van der Waals surface area (Å²) in [5.41, 5.74) is 1.96. The van der Waals surface area contributed by atoms with Crippen LogP contribution >= 0.6 is 23.2 Å². The molecule has 7 nitrogen and oxygen atoms in total. The fourth-order valence-corrected chi connectivity index (χ4v) is 5.18. The van der Waals surface area contributed by atoms with Gasteiger partial charge in [0.15, 0.2) is 5.82 Å². The maximum Gasteiger partial charge on any atom is 0.242 e. The number of nitrogens with zero attached hydrogens (tertiary/aromatic N) is 3. The van der Waals surface area contributed by atoms with Gasteiger partial charge in [-0.2, -0.15) is 9.94 Å². The van der Waals surface area contributed by atoms with Gasteiger partial charge < -0.3 is 0 Å². The standard InChI is InChI=1S/C18H18Cl2FN5O2S/c1-9-4-6-14(21)16(10(9)2)11(3)17(18-22-25-26-23-18)24-29(27,28)15-7-5-12(19)8-13(15)20/h4-8,11,17,24H,1-3H3,(H,22,23,25,26). The fraction of sp³-hybridized carbons (Fsp3) is 0.278. The number of nitrogens with one attached hydrogen (secondary N) is 2. The number of tetrazole rings is 1. The van der Waals surface area contributed by atoms with Crippen molar-refractivity contribution < 1.29 is 12.8 Å². The molecule has 0 saturated carbocycles. The van der Waals surface area contributed by atoms with E-state index in [1.807, 2.05) is 6.92 Å². The second-order valence-electron chi connectivity index (χ2n) is 6.64. The Hall–Kier alpha value is -2.07. The van der Waals surface area contributed by atoms with E-state index in [2.05, 4.69) is 25.3 Å². The van der Waals surface area contributed by atoms with E-state index >= 15 is 0 Å². The number of sulfonamides is 1. The molecule has 2 atom stereocenters. The van der Waals surface area contributed by atoms with E-state index in [0.29, 0.717) is 10.6 Å². The van der Waals surface area contributed by atoms with Crippen LogP contribution in [0, 0.1) is 19.7 Å². The number of aromatic nitrogens is 4. The fourth-order valence-electron chi connectivity index (χ4n) is 3.13. The molecule has 0 aliphatic carbocycles. The van der Waals surface area contributed by atoms with Crippen LogP contribution in [0.1, 0.15) is 41.4 Å². The van der Waals surface area contributed by atoms with Crippen LogP contribution in [-0.2, 0) is 10.0 Å². The summed E-state index contributed by atoms with van der Waals surface area (Å²) in [5, 5.41) is 13.9. The molecule has 0 bridgehead atoms. The number of aromatic amines is 1. The molecule has 0 amide bonds. The lowest BCUT2D eigenvalue weighted by Crippen LogP contribution is -2.33. The summed E-state index contributed by atoms with van der Waals surface area (Å²) < 4.78 is 43.3. The quantitative estimate of drug-likeness (QED) is 0.580. The molecular formula is C18H18Cl2FN5O2S. The molecule has 29 heavy (non-hydrogen) atoms. The van der Waals surface area contributed by atoms with Crippen molar-refractivity contribution >= 4 is 33.2 Å². The van der Waals surface area contributed by atoms with Crippen molar-refractivity contribution in [3.05, 3.63) is 68.7 Å². The summed E-state index contributed by atoms with van der Waals surface area (Å²) in [7, 11) is -4.11. The second-order valence-corrected chi connectivity index (χ2v) is 9.16. The first-order valence-corrected chi connectivity index (χ1v) is 10.8. The largest absolute Gasteiger partial charge is 0.242 e. The lowest BCUT2D eigenvalue weighted by Gasteiger charge is -2.25. The molecule has 0 aliphatic rings. The summed E-state index contributed by atoms with van der Waals surface area (Å²) in [5.74, 6) is -1.02. The molecule has 0 spiro atoms. The normalized spacial score (nSPS) is 14.0. The summed E-state index contributed by atoms with van der Waals surface area (Å²) >= 11 is 11.9. The maximum absolute atomic E-state index is 14.7. The smallest absolute Gasteiger partial charge is 0.207 e. The van der Waals surface area contributed by atoms with Gasteiger partial charge in [0.05, 0.1) is 11.1 Å². The minimum Gasteiger partial charge on any atom is -0.207 e. The summed E-state index contributed by atoms with van der Waals surface area (Å²) in [4.78, 5) is -0.161. The number of rotatable bonds is 6. The van der Waals surface area contributed by atoms with Crippen LogP contribution < -0.4 is 4.72 Å². The van der Waals surface area contributed by atoms with E-state index in [9.17, 15) is 12.8 Å². The zero-order chi connectivity index (χ0) is 21.3. The van der Waals surface area contributed by atoms with Crippen molar-refractivity contribution in [2.45, 2.75) is 37.6 Å². The molecular weight excluding hydrogens is 440 g/mol. The Morgan fingerprint density at radius 3 is 2.52 bits per heavy atom. The van der Waals surface area contributed by atoms with Crippen molar-refractivity contribution in [2.75, 3.05) is 0 Å². The Morgan fingerprint density at radius 2 is 1.90 bits per heavy atom. The number of halogens is 3. The summed E-state index contributed by atoms with van der Waals surface area (Å²) in [6.45, 7) is 5.33. The van der Waals surface area contributed by atoms with Crippen LogP contribution in [0.25, 0.3) is 0 Å². The van der Waals surface area contributed by atoms with Crippen molar-refractivity contribution in [3.8, 4) is 0 Å². The van der Waals surface area contributed by atoms with Crippen LogP contribution in [-0.4, -0.2) is 29.0 Å². The third-order valence-electron chi connectivity index (χ3n) is 4.79. The van der Waals surface area contributed by atoms with Gasteiger partial charge in [0.2, 0.25) is 10.0 Å². The Kier molecular flexibility index (Phi) is 6.23. The molecule has 3 rings (SSSR count). The predicted molar refractivity (Wildman–Crippen MR) is 108 cm³/mol. The van der Waals surface area contributed by atoms with Crippen LogP contribution in [0.15, 0.2) is 35.2 Å². The van der Waals surface area contributed by atoms with Crippen molar-refractivity contribution in [2.24, 2.45) is 0 Å². The van der Waals surface area contributed by atoms with E-state index in [-0.39, 0.29) is 15.7 Å². The average molecular weight is 458 g/mol. The molecule has 2 unspecified atom stereocenters. The van der Waals surface area contributed by atoms with Gasteiger partial charge in [-0.1, -0.05) is 41.4 Å². The topological polar surface area (TPSA) is 101 Å². The number of benzene rings is 2. The highest BCUT2D eigenvalue weighted by atomic mass is 35.5. The van der Waals surface area contributed by atoms with Crippen LogP contribution in [0.5, 0.6) is 0 Å². The molecule has 2 aromatic carbocycles. The first-order valence-electron chi connectivity index (χ1n) is 8.58. The molecule has 0 aliphatic heterocycles. The van der Waals surface area contributed by atoms with Gasteiger partial charge in [0.25, 0.3) is 0 Å². The SMILES string of the molecule is Cc1ccc(F)c(C(C)C(NS(=O)(=O)c2ccc(Cl)cc2Cl)c2nn[nH]n2)c1C. The third-order valence-corrected chi connectivity index (χ3v) is 6.95. The van der Waals surface area contributed by atoms with E-state index in [1.54, 1.807) is 19.9 Å². The van der Waals surface area contributed by atoms with Gasteiger partial charge in [-0.3, -0.25) is 0 Å². The molecule has 3 aromatic rings. The number of hydrogen-bond donors (Lipinski definition) is 2. The zero-order valence-electron chi connectivity index (χ0n) is 15.7. The second kappa shape index (κ2) is 8.35. The number of H-pyrrole nitrogens is 1. The van der Waals surface area contributed by atoms with Gasteiger partial charge in [0.1, 0.15) is 10.7 Å². The monoisotopic (exact) mass is 457 g/mol. The van der Waals surface area contributed by atoms with Gasteiger partial charge in [-0.05, 0) is 54.8 Å². The molecule has 2 N–H and O–H groups in total. The Labute approximate surface area is 177 Å². The zero-order valence-corrected chi connectivity index (χ0v) is 18.1. The predicted octanol–water partition coefficient (Wildman–Crippen LogP) is 4.09. The molecule has 1 aromatic heterocycles. The molecule has 0 fully saturated rings. The molecule has 1 heterocycles. The Morgan fingerprint density at radius 1 is 1.17 bits per heavy atom. The lowest BCUT2D eigenvalue weighted by atomic mass is 9.88. The van der Waals surface area contributed by atoms with Gasteiger partial charge in [-0.15, -0.1) is 10.2 Å². The van der Waals surface area contributed by atoms with Crippen molar-refractivity contribution in [1.82, 2.24) is 25.3 Å². The average Bonchev–Trinajstić information content (AvgIpc) is 3.17. The third kappa shape index (κ3) is 4.42. The summed E-state index contributed by atoms with van der Waals surface area (Å²) in [6.07, 6.45) is 0. The highest BCUT2D eigenvalue weighted by Gasteiger charge is 2.33. The highest BCUT2D eigenvalue weighted by molar-refractivity contribution is 7.89. The van der Waals surface area contributed by atoms with E-state index in [1.165, 1.54) is 24.3 Å². The number of hydrogen-bond acceptors (Lipinski definition) is 5. The van der Waals surface area contributed by atoms with E-state index < -0.39 is 27.8 Å². The molecule has 0 radical (unpaired) electrons. The maximum atomic E-state index is 14.7. The Bertz CT molecular complexity index is 1140. The lowest BCUT2D eigenvalue weighted by molar-refractivity contribution is 0.478. The first-order chi connectivity index (χ1) is 13.6. The van der Waals surface area contributed by atoms with Crippen LogP contribution in [0.4, 0.5) is 4.39 Å². The molecule has 0 saturated heterocycles. The van der Waals surface area contributed by atoms with Gasteiger partial charge in [-0.25, -0.2) is 12.8 Å². The summed E-state index contributed by atoms with van der Waals surface area (Å²) in [6, 6.07) is 6.06. The minimum absolute atomic E-state index is 0.0394. The first kappa shape index (κ1) is 21.6. The van der Waals surface area contributed by atoms with Crippen LogP contribution in [0.2, 0.25) is 10.0 Å². The van der Waals surface area contributed by atoms with E-state index in [0.717, 1.165) is 11.1 Å². The highest BCUT2D eigenvalue weighted by Crippen LogP contribution is 2.35. The van der Waals surface area contributed by atoms with Crippen molar-refractivity contribution in [3.63, 3.8) is 0 Å². The molecule has 11 heteroatoms. The Balaban J connectivity index is 2.07. The van der Waals surface area contributed by atoms with Gasteiger partial charge >= 0.3 is 0 Å². The van der Waals surface area contributed by atoms with E-state index in [4.69, 9.17) is 23.2 Å².